The predicted octanol–water partition coefficient (Wildman–Crippen LogP) is 0.437. The van der Waals surface area contributed by atoms with E-state index in [2.05, 4.69) is 9.76 Å². The molecule has 31 heavy (non-hydrogen) atoms. The summed E-state index contributed by atoms with van der Waals surface area (Å²) < 4.78 is 40.4. The van der Waals surface area contributed by atoms with E-state index >= 15 is 0 Å². The lowest BCUT2D eigenvalue weighted by molar-refractivity contribution is -0.146. The van der Waals surface area contributed by atoms with Crippen molar-refractivity contribution < 1.29 is 41.2 Å². The van der Waals surface area contributed by atoms with Gasteiger partial charge in [-0.25, -0.2) is 15.1 Å². The third kappa shape index (κ3) is 5.96. The molecule has 3 atom stereocenters. The van der Waals surface area contributed by atoms with Crippen LogP contribution in [0.1, 0.15) is 46.5 Å². The van der Waals surface area contributed by atoms with Crippen molar-refractivity contribution in [3.63, 3.8) is 0 Å². The van der Waals surface area contributed by atoms with E-state index in [0.29, 0.717) is 30.9 Å². The summed E-state index contributed by atoms with van der Waals surface area (Å²) in [5, 5.41) is 0.573. The second kappa shape index (κ2) is 8.76. The molecule has 4 amide bonds. The average molecular weight is 464 g/mol. The molecule has 3 aliphatic heterocycles. The van der Waals surface area contributed by atoms with E-state index in [1.54, 1.807) is 20.8 Å². The van der Waals surface area contributed by atoms with Crippen LogP contribution in [0.15, 0.2) is 0 Å². The summed E-state index contributed by atoms with van der Waals surface area (Å²) in [6.07, 6.45) is 1.00. The Bertz CT molecular complexity index is 828. The standard InChI is InChI=1S/C17H28N4O9S/c1-17(2,3)28-16(24)19-8-4-5-12(10-19)29-18-14(22)13-7-6-11-9-20(13)15(23)21(11)30-31(25,26)27/h11-13H,4-10H2,1-3H3,(H,18,22)(H,25,26,27)/t11-,12+,13+/m1/s1. The number of hydrogen-bond donors (Lipinski definition) is 2. The molecule has 2 N–H and O–H groups in total. The van der Waals surface area contributed by atoms with Crippen molar-refractivity contribution in [1.82, 2.24) is 20.3 Å². The summed E-state index contributed by atoms with van der Waals surface area (Å²) in [4.78, 5) is 45.4. The van der Waals surface area contributed by atoms with Crippen molar-refractivity contribution in [3.8, 4) is 0 Å². The summed E-state index contributed by atoms with van der Waals surface area (Å²) >= 11 is 0. The quantitative estimate of drug-likeness (QED) is 0.435. The van der Waals surface area contributed by atoms with Crippen LogP contribution in [0.3, 0.4) is 0 Å². The van der Waals surface area contributed by atoms with Gasteiger partial charge in [-0.3, -0.25) is 14.2 Å². The topological polar surface area (TPSA) is 155 Å². The predicted molar refractivity (Wildman–Crippen MR) is 103 cm³/mol. The lowest BCUT2D eigenvalue weighted by Gasteiger charge is -2.34. The maximum Gasteiger partial charge on any atom is 0.418 e. The van der Waals surface area contributed by atoms with Crippen molar-refractivity contribution in [2.75, 3.05) is 19.6 Å². The number of amides is 4. The smallest absolute Gasteiger partial charge is 0.418 e. The number of fused-ring (bicyclic) bond motifs is 2. The van der Waals surface area contributed by atoms with Crippen LogP contribution in [0.5, 0.6) is 0 Å². The van der Waals surface area contributed by atoms with Crippen LogP contribution >= 0.6 is 0 Å². The minimum absolute atomic E-state index is 0.0856. The third-order valence-electron chi connectivity index (χ3n) is 5.16. The number of urea groups is 1. The first kappa shape index (κ1) is 23.5. The number of ether oxygens (including phenoxy) is 1. The van der Waals surface area contributed by atoms with Gasteiger partial charge < -0.3 is 14.5 Å². The number of hydroxylamine groups is 3. The molecule has 2 bridgehead atoms. The molecule has 14 heteroatoms. The zero-order valence-electron chi connectivity index (χ0n) is 17.6. The fraction of sp³-hybridized carbons (Fsp3) is 0.824. The molecule has 0 saturated carbocycles. The molecular weight excluding hydrogens is 436 g/mol. The molecule has 0 radical (unpaired) electrons. The first-order chi connectivity index (χ1) is 14.3. The fourth-order valence-electron chi connectivity index (χ4n) is 3.84. The van der Waals surface area contributed by atoms with Crippen LogP contribution < -0.4 is 5.48 Å². The zero-order chi connectivity index (χ0) is 23.0. The Kier molecular flexibility index (Phi) is 6.64. The van der Waals surface area contributed by atoms with Crippen LogP contribution in [0.2, 0.25) is 0 Å². The van der Waals surface area contributed by atoms with Gasteiger partial charge in [-0.1, -0.05) is 0 Å². The van der Waals surface area contributed by atoms with E-state index < -0.39 is 52.2 Å². The van der Waals surface area contributed by atoms with Crippen molar-refractivity contribution >= 4 is 28.4 Å². The van der Waals surface area contributed by atoms with Crippen molar-refractivity contribution in [1.29, 1.82) is 0 Å². The van der Waals surface area contributed by atoms with E-state index in [0.717, 1.165) is 0 Å². The van der Waals surface area contributed by atoms with Gasteiger partial charge in [-0.2, -0.15) is 13.5 Å². The van der Waals surface area contributed by atoms with Crippen molar-refractivity contribution in [3.05, 3.63) is 0 Å². The SMILES string of the molecule is CC(C)(C)OC(=O)N1CCC[C@H](ONC(=O)[C@@H]2CC[C@@H]3CN2C(=O)N3OS(=O)(=O)O)C1. The number of hydrogen-bond acceptors (Lipinski definition) is 8. The Labute approximate surface area is 180 Å². The Balaban J connectivity index is 1.52. The molecule has 0 aromatic carbocycles. The summed E-state index contributed by atoms with van der Waals surface area (Å²) in [5.41, 5.74) is 1.74. The molecule has 13 nitrogen and oxygen atoms in total. The minimum Gasteiger partial charge on any atom is -0.444 e. The van der Waals surface area contributed by atoms with Gasteiger partial charge >= 0.3 is 22.5 Å². The molecular formula is C17H28N4O9S. The third-order valence-corrected chi connectivity index (χ3v) is 5.51. The van der Waals surface area contributed by atoms with Crippen molar-refractivity contribution in [2.24, 2.45) is 0 Å². The highest BCUT2D eigenvalue weighted by Crippen LogP contribution is 2.30. The number of nitrogens with one attached hydrogen (secondary N) is 1. The average Bonchev–Trinajstić information content (AvgIpc) is 2.88. The highest BCUT2D eigenvalue weighted by atomic mass is 32.3. The number of carbonyl (C=O) groups is 3. The van der Waals surface area contributed by atoms with Crippen LogP contribution in [0.4, 0.5) is 9.59 Å². The van der Waals surface area contributed by atoms with E-state index in [4.69, 9.17) is 14.1 Å². The van der Waals surface area contributed by atoms with Gasteiger partial charge in [0.05, 0.1) is 12.6 Å². The molecule has 0 spiro atoms. The molecule has 176 valence electrons. The maximum absolute atomic E-state index is 12.6. The molecule has 3 fully saturated rings. The van der Waals surface area contributed by atoms with E-state index in [9.17, 15) is 22.8 Å². The monoisotopic (exact) mass is 464 g/mol. The van der Waals surface area contributed by atoms with Gasteiger partial charge in [-0.15, -0.1) is 4.28 Å². The second-order valence-corrected chi connectivity index (χ2v) is 9.79. The molecule has 0 aromatic rings. The Morgan fingerprint density at radius 2 is 1.87 bits per heavy atom. The van der Waals surface area contributed by atoms with Crippen LogP contribution in [-0.4, -0.2) is 89.3 Å². The molecule has 3 saturated heterocycles. The Hall–Kier alpha value is -2.16. The fourth-order valence-corrected chi connectivity index (χ4v) is 4.23. The number of piperidine rings is 2. The second-order valence-electron chi connectivity index (χ2n) is 8.78. The summed E-state index contributed by atoms with van der Waals surface area (Å²) in [6.45, 7) is 6.19. The largest absolute Gasteiger partial charge is 0.444 e. The highest BCUT2D eigenvalue weighted by molar-refractivity contribution is 7.80. The molecule has 0 aromatic heterocycles. The van der Waals surface area contributed by atoms with Crippen LogP contribution in [0, 0.1) is 0 Å². The van der Waals surface area contributed by atoms with E-state index in [-0.39, 0.29) is 19.5 Å². The first-order valence-corrected chi connectivity index (χ1v) is 11.4. The van der Waals surface area contributed by atoms with E-state index in [1.807, 2.05) is 0 Å². The molecule has 3 heterocycles. The number of rotatable bonds is 5. The van der Waals surface area contributed by atoms with Gasteiger partial charge in [0.25, 0.3) is 5.91 Å². The van der Waals surface area contributed by atoms with Gasteiger partial charge in [-0.05, 0) is 46.5 Å². The van der Waals surface area contributed by atoms with E-state index in [1.165, 1.54) is 9.80 Å². The number of carbonyl (C=O) groups excluding carboxylic acids is 3. The molecule has 0 unspecified atom stereocenters. The molecule has 3 aliphatic rings. The Morgan fingerprint density at radius 3 is 2.52 bits per heavy atom. The van der Waals surface area contributed by atoms with Crippen molar-refractivity contribution in [2.45, 2.75) is 70.2 Å². The summed E-state index contributed by atoms with van der Waals surface area (Å²) in [5.74, 6) is -0.560. The zero-order valence-corrected chi connectivity index (χ0v) is 18.5. The molecule has 3 rings (SSSR count). The molecule has 0 aliphatic carbocycles. The van der Waals surface area contributed by atoms with Gasteiger partial charge in [0, 0.05) is 13.1 Å². The first-order valence-electron chi connectivity index (χ1n) is 10.0. The maximum atomic E-state index is 12.6. The number of nitrogens with zero attached hydrogens (tertiary/aromatic N) is 3. The van der Waals surface area contributed by atoms with Gasteiger partial charge in [0.2, 0.25) is 0 Å². The van der Waals surface area contributed by atoms with Gasteiger partial charge in [0.15, 0.2) is 0 Å². The van der Waals surface area contributed by atoms with Crippen LogP contribution in [0.25, 0.3) is 0 Å². The number of likely N-dealkylation sites (tertiary alicyclic amines) is 1. The summed E-state index contributed by atoms with van der Waals surface area (Å²) in [7, 11) is -4.85. The summed E-state index contributed by atoms with van der Waals surface area (Å²) in [6, 6.07) is -2.28. The lowest BCUT2D eigenvalue weighted by Crippen LogP contribution is -2.52. The minimum atomic E-state index is -4.85. The lowest BCUT2D eigenvalue weighted by atomic mass is 10.0. The van der Waals surface area contributed by atoms with Crippen LogP contribution in [-0.2, 0) is 29.1 Å². The normalized spacial score (nSPS) is 26.8. The highest BCUT2D eigenvalue weighted by Gasteiger charge is 2.49. The van der Waals surface area contributed by atoms with Gasteiger partial charge in [0.1, 0.15) is 17.7 Å². The Morgan fingerprint density at radius 1 is 1.16 bits per heavy atom.